The Hall–Kier alpha value is -2.12. The standard InChI is InChI=1S/C23H24Cl2N4O2/c1-14-26-27-15(2)29(14)18-5-6-22(20(25)13-18)31-23-19-12-17(24)4-3-16(19)11-21(23)28-7-9-30-10-8-28/h3-6,12-13,21,23H,7-11H2,1-2H3/t21-,23-/m0/s1. The summed E-state index contributed by atoms with van der Waals surface area (Å²) in [6.45, 7) is 7.12. The van der Waals surface area contributed by atoms with Gasteiger partial charge in [0.25, 0.3) is 0 Å². The molecule has 1 fully saturated rings. The third-order valence-electron chi connectivity index (χ3n) is 6.12. The van der Waals surface area contributed by atoms with Crippen molar-refractivity contribution < 1.29 is 9.47 Å². The van der Waals surface area contributed by atoms with Crippen molar-refractivity contribution >= 4 is 23.2 Å². The molecule has 31 heavy (non-hydrogen) atoms. The quantitative estimate of drug-likeness (QED) is 0.572. The molecule has 2 heterocycles. The van der Waals surface area contributed by atoms with Crippen LogP contribution in [-0.2, 0) is 11.2 Å². The lowest BCUT2D eigenvalue weighted by molar-refractivity contribution is -0.0102. The molecule has 0 saturated carbocycles. The smallest absolute Gasteiger partial charge is 0.140 e. The number of hydrogen-bond acceptors (Lipinski definition) is 5. The maximum Gasteiger partial charge on any atom is 0.140 e. The van der Waals surface area contributed by atoms with Crippen LogP contribution in [0.25, 0.3) is 5.69 Å². The number of morpholine rings is 1. The van der Waals surface area contributed by atoms with Gasteiger partial charge in [-0.2, -0.15) is 0 Å². The van der Waals surface area contributed by atoms with Gasteiger partial charge in [-0.1, -0.05) is 29.3 Å². The summed E-state index contributed by atoms with van der Waals surface area (Å²) in [6, 6.07) is 12.1. The Labute approximate surface area is 191 Å². The summed E-state index contributed by atoms with van der Waals surface area (Å²) in [5.41, 5.74) is 3.32. The third-order valence-corrected chi connectivity index (χ3v) is 6.65. The minimum Gasteiger partial charge on any atom is -0.482 e. The highest BCUT2D eigenvalue weighted by atomic mass is 35.5. The highest BCUT2D eigenvalue weighted by Gasteiger charge is 2.39. The zero-order chi connectivity index (χ0) is 21.5. The van der Waals surface area contributed by atoms with Crippen molar-refractivity contribution in [3.8, 4) is 11.4 Å². The predicted molar refractivity (Wildman–Crippen MR) is 121 cm³/mol. The molecule has 8 heteroatoms. The number of ether oxygens (including phenoxy) is 2. The number of rotatable bonds is 4. The molecule has 2 aliphatic rings. The SMILES string of the molecule is Cc1nnc(C)n1-c1ccc(O[C@H]2c3cc(Cl)ccc3C[C@@H]2N2CCOCC2)c(Cl)c1. The van der Waals surface area contributed by atoms with Gasteiger partial charge in [-0.25, -0.2) is 0 Å². The van der Waals surface area contributed by atoms with Gasteiger partial charge < -0.3 is 9.47 Å². The van der Waals surface area contributed by atoms with Gasteiger partial charge in [0.1, 0.15) is 23.5 Å². The Morgan fingerprint density at radius 2 is 1.74 bits per heavy atom. The normalized spacial score (nSPS) is 21.3. The molecule has 0 unspecified atom stereocenters. The lowest BCUT2D eigenvalue weighted by atomic mass is 10.1. The molecule has 3 aromatic rings. The van der Waals surface area contributed by atoms with Crippen LogP contribution >= 0.6 is 23.2 Å². The van der Waals surface area contributed by atoms with Crippen LogP contribution in [0, 0.1) is 13.8 Å². The average molecular weight is 459 g/mol. The van der Waals surface area contributed by atoms with Crippen LogP contribution in [0.1, 0.15) is 28.9 Å². The first kappa shape index (κ1) is 20.8. The van der Waals surface area contributed by atoms with E-state index in [0.29, 0.717) is 10.8 Å². The van der Waals surface area contributed by atoms with Gasteiger partial charge in [0, 0.05) is 18.1 Å². The summed E-state index contributed by atoms with van der Waals surface area (Å²) in [5, 5.41) is 9.54. The fraction of sp³-hybridized carbons (Fsp3) is 0.391. The van der Waals surface area contributed by atoms with E-state index in [0.717, 1.165) is 60.6 Å². The second-order valence-corrected chi connectivity index (χ2v) is 8.89. The van der Waals surface area contributed by atoms with Crippen molar-refractivity contribution in [3.63, 3.8) is 0 Å². The first-order valence-corrected chi connectivity index (χ1v) is 11.2. The molecular formula is C23H24Cl2N4O2. The van der Waals surface area contributed by atoms with Crippen molar-refractivity contribution in [1.82, 2.24) is 19.7 Å². The van der Waals surface area contributed by atoms with Crippen molar-refractivity contribution in [2.24, 2.45) is 0 Å². The molecule has 0 radical (unpaired) electrons. The predicted octanol–water partition coefficient (Wildman–Crippen LogP) is 4.57. The van der Waals surface area contributed by atoms with Crippen LogP contribution in [-0.4, -0.2) is 52.0 Å². The lowest BCUT2D eigenvalue weighted by Gasteiger charge is -2.35. The highest BCUT2D eigenvalue weighted by Crippen LogP contribution is 2.41. The molecule has 0 spiro atoms. The molecule has 0 bridgehead atoms. The zero-order valence-electron chi connectivity index (χ0n) is 17.5. The third kappa shape index (κ3) is 3.94. The van der Waals surface area contributed by atoms with Crippen LogP contribution in [0.15, 0.2) is 36.4 Å². The number of aromatic nitrogens is 3. The monoisotopic (exact) mass is 458 g/mol. The second kappa shape index (κ2) is 8.43. The summed E-state index contributed by atoms with van der Waals surface area (Å²) in [5.74, 6) is 2.29. The van der Waals surface area contributed by atoms with Crippen molar-refractivity contribution in [3.05, 3.63) is 69.2 Å². The van der Waals surface area contributed by atoms with Gasteiger partial charge >= 0.3 is 0 Å². The van der Waals surface area contributed by atoms with Crippen LogP contribution in [0.2, 0.25) is 10.0 Å². The number of fused-ring (bicyclic) bond motifs is 1. The molecule has 1 aliphatic carbocycles. The van der Waals surface area contributed by atoms with Gasteiger partial charge in [-0.15, -0.1) is 10.2 Å². The summed E-state index contributed by atoms with van der Waals surface area (Å²) in [6.07, 6.45) is 0.778. The molecule has 162 valence electrons. The molecule has 5 rings (SSSR count). The molecule has 2 atom stereocenters. The van der Waals surface area contributed by atoms with E-state index in [9.17, 15) is 0 Å². The fourth-order valence-electron chi connectivity index (χ4n) is 4.63. The van der Waals surface area contributed by atoms with E-state index in [1.54, 1.807) is 0 Å². The van der Waals surface area contributed by atoms with Gasteiger partial charge in [-0.3, -0.25) is 9.47 Å². The van der Waals surface area contributed by atoms with Gasteiger partial charge in [0.15, 0.2) is 0 Å². The number of aryl methyl sites for hydroxylation is 2. The molecule has 1 aliphatic heterocycles. The molecule has 0 N–H and O–H groups in total. The van der Waals surface area contributed by atoms with E-state index in [-0.39, 0.29) is 12.1 Å². The number of nitrogens with zero attached hydrogens (tertiary/aromatic N) is 4. The molecule has 0 amide bonds. The van der Waals surface area contributed by atoms with Gasteiger partial charge in [0.05, 0.1) is 30.0 Å². The first-order chi connectivity index (χ1) is 15.0. The Kier molecular flexibility index (Phi) is 5.65. The lowest BCUT2D eigenvalue weighted by Crippen LogP contribution is -2.46. The van der Waals surface area contributed by atoms with Crippen LogP contribution in [0.4, 0.5) is 0 Å². The summed E-state index contributed by atoms with van der Waals surface area (Å²) in [7, 11) is 0. The van der Waals surface area contributed by atoms with E-state index in [2.05, 4.69) is 21.2 Å². The Balaban J connectivity index is 1.47. The van der Waals surface area contributed by atoms with E-state index in [1.807, 2.05) is 48.7 Å². The topological polar surface area (TPSA) is 52.4 Å². The van der Waals surface area contributed by atoms with Crippen LogP contribution in [0.3, 0.4) is 0 Å². The molecule has 6 nitrogen and oxygen atoms in total. The van der Waals surface area contributed by atoms with E-state index >= 15 is 0 Å². The Morgan fingerprint density at radius 1 is 1.00 bits per heavy atom. The maximum absolute atomic E-state index is 6.68. The molecule has 2 aromatic carbocycles. The van der Waals surface area contributed by atoms with Crippen molar-refractivity contribution in [1.29, 1.82) is 0 Å². The maximum atomic E-state index is 6.68. The minimum atomic E-state index is -0.145. The first-order valence-electron chi connectivity index (χ1n) is 10.5. The van der Waals surface area contributed by atoms with E-state index in [1.165, 1.54) is 5.56 Å². The summed E-state index contributed by atoms with van der Waals surface area (Å²) in [4.78, 5) is 2.45. The van der Waals surface area contributed by atoms with E-state index in [4.69, 9.17) is 32.7 Å². The number of halogens is 2. The Bertz CT molecular complexity index is 1090. The second-order valence-electron chi connectivity index (χ2n) is 8.05. The van der Waals surface area contributed by atoms with Gasteiger partial charge in [0.2, 0.25) is 0 Å². The molecule has 1 aromatic heterocycles. The highest BCUT2D eigenvalue weighted by molar-refractivity contribution is 6.32. The summed E-state index contributed by atoms with van der Waals surface area (Å²) < 4.78 is 14.1. The van der Waals surface area contributed by atoms with Crippen LogP contribution < -0.4 is 4.74 Å². The minimum absolute atomic E-state index is 0.145. The summed E-state index contributed by atoms with van der Waals surface area (Å²) >= 11 is 13.0. The van der Waals surface area contributed by atoms with Crippen LogP contribution in [0.5, 0.6) is 5.75 Å². The Morgan fingerprint density at radius 3 is 2.45 bits per heavy atom. The van der Waals surface area contributed by atoms with Gasteiger partial charge in [-0.05, 0) is 61.7 Å². The molecular weight excluding hydrogens is 435 g/mol. The van der Waals surface area contributed by atoms with Crippen molar-refractivity contribution in [2.75, 3.05) is 26.3 Å². The average Bonchev–Trinajstić information content (AvgIpc) is 3.29. The number of benzene rings is 2. The fourth-order valence-corrected chi connectivity index (χ4v) is 5.03. The molecule has 1 saturated heterocycles. The zero-order valence-corrected chi connectivity index (χ0v) is 19.0. The largest absolute Gasteiger partial charge is 0.482 e. The number of hydrogen-bond donors (Lipinski definition) is 0. The van der Waals surface area contributed by atoms with Crippen molar-refractivity contribution in [2.45, 2.75) is 32.4 Å². The van der Waals surface area contributed by atoms with E-state index < -0.39 is 0 Å².